The molecule has 1 N–H and O–H groups in total. The third kappa shape index (κ3) is 3.77. The fraction of sp³-hybridized carbons (Fsp3) is 0.190. The first-order valence-electron chi connectivity index (χ1n) is 9.14. The Morgan fingerprint density at radius 1 is 1.03 bits per heavy atom. The molecule has 2 heterocycles. The average molecular weight is 390 g/mol. The van der Waals surface area contributed by atoms with Crippen molar-refractivity contribution in [2.75, 3.05) is 13.1 Å². The monoisotopic (exact) mass is 390 g/mol. The number of nitrogens with one attached hydrogen (secondary N) is 1. The second kappa shape index (κ2) is 7.67. The number of amides is 3. The van der Waals surface area contributed by atoms with Gasteiger partial charge < -0.3 is 9.84 Å². The molecule has 0 saturated heterocycles. The van der Waals surface area contributed by atoms with Gasteiger partial charge in [-0.05, 0) is 19.1 Å². The van der Waals surface area contributed by atoms with Gasteiger partial charge >= 0.3 is 0 Å². The highest BCUT2D eigenvalue weighted by Gasteiger charge is 2.36. The lowest BCUT2D eigenvalue weighted by atomic mass is 10.1. The second-order valence-electron chi connectivity index (χ2n) is 6.72. The first kappa shape index (κ1) is 18.5. The summed E-state index contributed by atoms with van der Waals surface area (Å²) in [6.45, 7) is 1.92. The van der Waals surface area contributed by atoms with Crippen LogP contribution < -0.4 is 5.32 Å². The summed E-state index contributed by atoms with van der Waals surface area (Å²) in [6, 6.07) is 14.3. The number of imide groups is 1. The molecule has 1 aromatic heterocycles. The Balaban J connectivity index is 1.29. The van der Waals surface area contributed by atoms with E-state index in [1.54, 1.807) is 24.3 Å². The van der Waals surface area contributed by atoms with Crippen molar-refractivity contribution < 1.29 is 18.9 Å². The van der Waals surface area contributed by atoms with E-state index in [1.807, 2.05) is 31.2 Å². The largest absolute Gasteiger partial charge is 0.354 e. The molecular formula is C21H18N4O4. The van der Waals surface area contributed by atoms with Gasteiger partial charge in [0.25, 0.3) is 11.8 Å². The van der Waals surface area contributed by atoms with Crippen LogP contribution in [0.5, 0.6) is 0 Å². The Morgan fingerprint density at radius 2 is 1.69 bits per heavy atom. The standard InChI is InChI=1S/C21H18N4O4/c1-13-6-8-14(9-7-13)19-23-18(29-24-19)10-11-22-17(26)12-25-20(27)15-4-2-3-5-16(15)21(25)28/h2-9H,10-12H2,1H3,(H,22,26). The molecule has 146 valence electrons. The molecule has 1 aliphatic heterocycles. The van der Waals surface area contributed by atoms with Crippen molar-refractivity contribution in [3.8, 4) is 11.4 Å². The Labute approximate surface area is 166 Å². The molecule has 0 fully saturated rings. The Hall–Kier alpha value is -3.81. The molecule has 4 rings (SSSR count). The molecule has 3 aromatic rings. The van der Waals surface area contributed by atoms with Crippen LogP contribution in [0, 0.1) is 6.92 Å². The number of aromatic nitrogens is 2. The van der Waals surface area contributed by atoms with Gasteiger partial charge in [0.15, 0.2) is 0 Å². The zero-order valence-corrected chi connectivity index (χ0v) is 15.7. The van der Waals surface area contributed by atoms with Gasteiger partial charge in [-0.3, -0.25) is 19.3 Å². The summed E-state index contributed by atoms with van der Waals surface area (Å²) in [4.78, 5) is 42.0. The normalized spacial score (nSPS) is 12.9. The maximum Gasteiger partial charge on any atom is 0.262 e. The van der Waals surface area contributed by atoms with Crippen molar-refractivity contribution in [1.29, 1.82) is 0 Å². The van der Waals surface area contributed by atoms with E-state index < -0.39 is 17.7 Å². The number of benzene rings is 2. The summed E-state index contributed by atoms with van der Waals surface area (Å²) in [5.41, 5.74) is 2.62. The molecule has 1 aliphatic rings. The van der Waals surface area contributed by atoms with E-state index in [-0.39, 0.29) is 13.1 Å². The molecule has 2 aromatic carbocycles. The minimum Gasteiger partial charge on any atom is -0.354 e. The third-order valence-electron chi connectivity index (χ3n) is 4.62. The predicted molar refractivity (Wildman–Crippen MR) is 103 cm³/mol. The van der Waals surface area contributed by atoms with Crippen LogP contribution >= 0.6 is 0 Å². The molecule has 0 aliphatic carbocycles. The van der Waals surface area contributed by atoms with Gasteiger partial charge in [-0.15, -0.1) is 0 Å². The zero-order chi connectivity index (χ0) is 20.4. The van der Waals surface area contributed by atoms with Crippen LogP contribution in [0.1, 0.15) is 32.2 Å². The lowest BCUT2D eigenvalue weighted by Gasteiger charge is -2.13. The van der Waals surface area contributed by atoms with Crippen LogP contribution in [0.15, 0.2) is 53.1 Å². The molecule has 0 bridgehead atoms. The lowest BCUT2D eigenvalue weighted by molar-refractivity contribution is -0.121. The first-order chi connectivity index (χ1) is 14.0. The SMILES string of the molecule is Cc1ccc(-c2noc(CCNC(=O)CN3C(=O)c4ccccc4C3=O)n2)cc1. The fourth-order valence-corrected chi connectivity index (χ4v) is 3.07. The van der Waals surface area contributed by atoms with Crippen molar-refractivity contribution in [2.45, 2.75) is 13.3 Å². The van der Waals surface area contributed by atoms with Gasteiger partial charge in [-0.25, -0.2) is 0 Å². The third-order valence-corrected chi connectivity index (χ3v) is 4.62. The number of fused-ring (bicyclic) bond motifs is 1. The van der Waals surface area contributed by atoms with Crippen molar-refractivity contribution in [1.82, 2.24) is 20.4 Å². The van der Waals surface area contributed by atoms with Crippen LogP contribution in [0.3, 0.4) is 0 Å². The van der Waals surface area contributed by atoms with Gasteiger partial charge in [0.1, 0.15) is 6.54 Å². The summed E-state index contributed by atoms with van der Waals surface area (Å²) < 4.78 is 5.21. The van der Waals surface area contributed by atoms with Crippen LogP contribution in [0.25, 0.3) is 11.4 Å². The van der Waals surface area contributed by atoms with Gasteiger partial charge in [0.2, 0.25) is 17.6 Å². The predicted octanol–water partition coefficient (Wildman–Crippen LogP) is 2.00. The highest BCUT2D eigenvalue weighted by molar-refractivity contribution is 6.22. The van der Waals surface area contributed by atoms with Crippen molar-refractivity contribution >= 4 is 17.7 Å². The molecule has 8 heteroatoms. The summed E-state index contributed by atoms with van der Waals surface area (Å²) in [7, 11) is 0. The van der Waals surface area contributed by atoms with E-state index in [4.69, 9.17) is 4.52 Å². The molecule has 0 unspecified atom stereocenters. The molecule has 0 atom stereocenters. The topological polar surface area (TPSA) is 105 Å². The molecule has 3 amide bonds. The molecule has 8 nitrogen and oxygen atoms in total. The summed E-state index contributed by atoms with van der Waals surface area (Å²) >= 11 is 0. The minimum absolute atomic E-state index is 0.248. The van der Waals surface area contributed by atoms with Gasteiger partial charge in [-0.1, -0.05) is 47.1 Å². The maximum atomic E-state index is 12.3. The van der Waals surface area contributed by atoms with E-state index in [9.17, 15) is 14.4 Å². The number of aryl methyl sites for hydroxylation is 1. The number of carbonyl (C=O) groups is 3. The van der Waals surface area contributed by atoms with Crippen LogP contribution in [0.2, 0.25) is 0 Å². The van der Waals surface area contributed by atoms with Gasteiger partial charge in [0, 0.05) is 18.5 Å². The Bertz CT molecular complexity index is 1050. The Morgan fingerprint density at radius 3 is 2.34 bits per heavy atom. The highest BCUT2D eigenvalue weighted by Crippen LogP contribution is 2.22. The number of nitrogens with zero attached hydrogens (tertiary/aromatic N) is 3. The zero-order valence-electron chi connectivity index (χ0n) is 15.7. The fourth-order valence-electron chi connectivity index (χ4n) is 3.07. The molecule has 0 spiro atoms. The van der Waals surface area contributed by atoms with E-state index in [1.165, 1.54) is 0 Å². The first-order valence-corrected chi connectivity index (χ1v) is 9.14. The number of rotatable bonds is 6. The van der Waals surface area contributed by atoms with E-state index >= 15 is 0 Å². The van der Waals surface area contributed by atoms with Gasteiger partial charge in [0.05, 0.1) is 11.1 Å². The van der Waals surface area contributed by atoms with E-state index in [2.05, 4.69) is 15.5 Å². The maximum absolute atomic E-state index is 12.3. The molecule has 29 heavy (non-hydrogen) atoms. The lowest BCUT2D eigenvalue weighted by Crippen LogP contribution is -2.40. The number of hydrogen-bond acceptors (Lipinski definition) is 6. The molecular weight excluding hydrogens is 372 g/mol. The molecule has 0 radical (unpaired) electrons. The second-order valence-corrected chi connectivity index (χ2v) is 6.72. The number of carbonyl (C=O) groups excluding carboxylic acids is 3. The summed E-state index contributed by atoms with van der Waals surface area (Å²) in [6.07, 6.45) is 0.340. The van der Waals surface area contributed by atoms with E-state index in [0.29, 0.717) is 29.3 Å². The van der Waals surface area contributed by atoms with Crippen LogP contribution in [-0.4, -0.2) is 45.9 Å². The van der Waals surface area contributed by atoms with Crippen LogP contribution in [-0.2, 0) is 11.2 Å². The number of hydrogen-bond donors (Lipinski definition) is 1. The summed E-state index contributed by atoms with van der Waals surface area (Å²) in [5.74, 6) is -0.475. The smallest absolute Gasteiger partial charge is 0.262 e. The van der Waals surface area contributed by atoms with Gasteiger partial charge in [-0.2, -0.15) is 4.98 Å². The van der Waals surface area contributed by atoms with E-state index in [0.717, 1.165) is 16.0 Å². The van der Waals surface area contributed by atoms with Crippen molar-refractivity contribution in [3.63, 3.8) is 0 Å². The highest BCUT2D eigenvalue weighted by atomic mass is 16.5. The van der Waals surface area contributed by atoms with Crippen LogP contribution in [0.4, 0.5) is 0 Å². The van der Waals surface area contributed by atoms with Crippen molar-refractivity contribution in [3.05, 3.63) is 71.1 Å². The van der Waals surface area contributed by atoms with Crippen molar-refractivity contribution in [2.24, 2.45) is 0 Å². The Kier molecular flexibility index (Phi) is 4.90. The minimum atomic E-state index is -0.458. The summed E-state index contributed by atoms with van der Waals surface area (Å²) in [5, 5.41) is 6.61. The quantitative estimate of drug-likeness (QED) is 0.646. The molecule has 0 saturated carbocycles. The average Bonchev–Trinajstić information content (AvgIpc) is 3.28.